The van der Waals surface area contributed by atoms with E-state index in [1.165, 1.54) is 36.4 Å². The number of ketones is 1. The summed E-state index contributed by atoms with van der Waals surface area (Å²) in [5.74, 6) is -3.10. The molecule has 0 spiro atoms. The van der Waals surface area contributed by atoms with Crippen LogP contribution >= 0.6 is 0 Å². The third-order valence-corrected chi connectivity index (χ3v) is 2.71. The summed E-state index contributed by atoms with van der Waals surface area (Å²) in [7, 11) is 0. The summed E-state index contributed by atoms with van der Waals surface area (Å²) >= 11 is 0. The Kier molecular flexibility index (Phi) is 3.89. The van der Waals surface area contributed by atoms with Gasteiger partial charge in [-0.1, -0.05) is 24.3 Å². The van der Waals surface area contributed by atoms with Crippen LogP contribution in [-0.2, 0) is 4.79 Å². The van der Waals surface area contributed by atoms with Crippen molar-refractivity contribution in [3.05, 3.63) is 59.7 Å². The molecular formula is C15H10F2O3. The molecule has 0 unspecified atom stereocenters. The second-order valence-corrected chi connectivity index (χ2v) is 4.23. The predicted molar refractivity (Wildman–Crippen MR) is 68.4 cm³/mol. The lowest BCUT2D eigenvalue weighted by Crippen LogP contribution is -2.06. The minimum Gasteiger partial charge on any atom is -0.481 e. The normalized spacial score (nSPS) is 10.3. The van der Waals surface area contributed by atoms with E-state index in [1.807, 2.05) is 0 Å². The van der Waals surface area contributed by atoms with Crippen LogP contribution in [0.3, 0.4) is 0 Å². The molecule has 2 aromatic carbocycles. The molecule has 3 nitrogen and oxygen atoms in total. The van der Waals surface area contributed by atoms with E-state index >= 15 is 0 Å². The first-order chi connectivity index (χ1) is 9.45. The molecule has 0 aliphatic rings. The highest BCUT2D eigenvalue weighted by Crippen LogP contribution is 2.22. The van der Waals surface area contributed by atoms with Gasteiger partial charge in [-0.3, -0.25) is 9.59 Å². The van der Waals surface area contributed by atoms with Crippen LogP contribution in [0.25, 0.3) is 11.1 Å². The fourth-order valence-corrected chi connectivity index (χ4v) is 1.81. The first-order valence-electron chi connectivity index (χ1n) is 5.77. The average Bonchev–Trinajstić information content (AvgIpc) is 2.37. The smallest absolute Gasteiger partial charge is 0.311 e. The molecule has 0 atom stereocenters. The van der Waals surface area contributed by atoms with Crippen molar-refractivity contribution in [1.29, 1.82) is 0 Å². The van der Waals surface area contributed by atoms with Crippen LogP contribution in [-0.4, -0.2) is 16.9 Å². The lowest BCUT2D eigenvalue weighted by atomic mass is 10.0. The van der Waals surface area contributed by atoms with Gasteiger partial charge in [-0.25, -0.2) is 8.78 Å². The molecular weight excluding hydrogens is 266 g/mol. The number of Topliss-reactive ketones (excluding diaryl/α,β-unsaturated/α-hetero) is 1. The first kappa shape index (κ1) is 13.9. The van der Waals surface area contributed by atoms with Crippen LogP contribution in [0.1, 0.15) is 16.8 Å². The van der Waals surface area contributed by atoms with Gasteiger partial charge in [0.2, 0.25) is 0 Å². The van der Waals surface area contributed by atoms with Crippen LogP contribution in [0.15, 0.2) is 42.5 Å². The molecule has 0 bridgehead atoms. The van der Waals surface area contributed by atoms with Crippen LogP contribution < -0.4 is 0 Å². The van der Waals surface area contributed by atoms with E-state index in [0.29, 0.717) is 11.1 Å². The maximum Gasteiger partial charge on any atom is 0.311 e. The number of hydrogen-bond acceptors (Lipinski definition) is 2. The molecule has 0 fully saturated rings. The van der Waals surface area contributed by atoms with Crippen molar-refractivity contribution >= 4 is 11.8 Å². The van der Waals surface area contributed by atoms with Crippen LogP contribution in [0.4, 0.5) is 8.78 Å². The van der Waals surface area contributed by atoms with Crippen LogP contribution in [0.5, 0.6) is 0 Å². The second kappa shape index (κ2) is 5.61. The fourth-order valence-electron chi connectivity index (χ4n) is 1.81. The van der Waals surface area contributed by atoms with Gasteiger partial charge >= 0.3 is 5.97 Å². The largest absolute Gasteiger partial charge is 0.481 e. The Bertz CT molecular complexity index is 643. The molecule has 0 saturated heterocycles. The minimum absolute atomic E-state index is 0.244. The molecule has 2 aromatic rings. The molecule has 0 aliphatic carbocycles. The van der Waals surface area contributed by atoms with Crippen molar-refractivity contribution in [3.63, 3.8) is 0 Å². The summed E-state index contributed by atoms with van der Waals surface area (Å²) in [6.45, 7) is 0. The number of hydrogen-bond donors (Lipinski definition) is 1. The Labute approximate surface area is 113 Å². The summed E-state index contributed by atoms with van der Waals surface area (Å²) in [5.41, 5.74) is 1.13. The van der Waals surface area contributed by atoms with Gasteiger partial charge in [0.25, 0.3) is 0 Å². The first-order valence-corrected chi connectivity index (χ1v) is 5.77. The van der Waals surface area contributed by atoms with Gasteiger partial charge in [-0.15, -0.1) is 0 Å². The number of carboxylic acids is 1. The molecule has 0 saturated carbocycles. The van der Waals surface area contributed by atoms with Gasteiger partial charge in [0, 0.05) is 11.6 Å². The topological polar surface area (TPSA) is 54.4 Å². The molecule has 102 valence electrons. The number of aliphatic carboxylic acids is 1. The Balaban J connectivity index is 2.28. The van der Waals surface area contributed by atoms with Crippen molar-refractivity contribution in [2.45, 2.75) is 6.42 Å². The fraction of sp³-hybridized carbons (Fsp3) is 0.0667. The van der Waals surface area contributed by atoms with Gasteiger partial charge < -0.3 is 5.11 Å². The molecule has 2 rings (SSSR count). The number of rotatable bonds is 4. The Hall–Kier alpha value is -2.56. The molecule has 0 amide bonds. The summed E-state index contributed by atoms with van der Waals surface area (Å²) in [6.07, 6.45) is -0.589. The Morgan fingerprint density at radius 3 is 1.95 bits per heavy atom. The lowest BCUT2D eigenvalue weighted by Gasteiger charge is -2.04. The quantitative estimate of drug-likeness (QED) is 0.688. The second-order valence-electron chi connectivity index (χ2n) is 4.23. The maximum atomic E-state index is 13.1. The van der Waals surface area contributed by atoms with Crippen molar-refractivity contribution < 1.29 is 23.5 Å². The van der Waals surface area contributed by atoms with E-state index in [9.17, 15) is 18.4 Å². The molecule has 20 heavy (non-hydrogen) atoms. The van der Waals surface area contributed by atoms with Crippen molar-refractivity contribution in [3.8, 4) is 11.1 Å². The molecule has 5 heteroatoms. The number of carboxylic acid groups (broad SMARTS) is 1. The van der Waals surface area contributed by atoms with E-state index in [4.69, 9.17) is 5.11 Å². The van der Waals surface area contributed by atoms with Crippen molar-refractivity contribution in [1.82, 2.24) is 0 Å². The Morgan fingerprint density at radius 1 is 0.900 bits per heavy atom. The molecule has 0 aromatic heterocycles. The third-order valence-electron chi connectivity index (χ3n) is 2.71. The monoisotopic (exact) mass is 276 g/mol. The standard InChI is InChI=1S/C15H10F2O3/c16-12-5-11(6-13(17)7-12)9-1-3-10(4-2-9)14(18)8-15(19)20/h1-7H,8H2,(H,19,20). The molecule has 1 N–H and O–H groups in total. The zero-order chi connectivity index (χ0) is 14.7. The highest BCUT2D eigenvalue weighted by atomic mass is 19.1. The SMILES string of the molecule is O=C(O)CC(=O)c1ccc(-c2cc(F)cc(F)c2)cc1. The summed E-state index contributed by atoms with van der Waals surface area (Å²) in [4.78, 5) is 22.0. The van der Waals surface area contributed by atoms with E-state index in [0.717, 1.165) is 6.07 Å². The van der Waals surface area contributed by atoms with E-state index in [1.54, 1.807) is 0 Å². The Morgan fingerprint density at radius 2 is 1.45 bits per heavy atom. The van der Waals surface area contributed by atoms with Gasteiger partial charge in [0.05, 0.1) is 0 Å². The molecule has 0 aliphatic heterocycles. The maximum absolute atomic E-state index is 13.1. The predicted octanol–water partition coefficient (Wildman–Crippen LogP) is 3.29. The number of halogens is 2. The number of benzene rings is 2. The van der Waals surface area contributed by atoms with E-state index < -0.39 is 29.8 Å². The third kappa shape index (κ3) is 3.26. The minimum atomic E-state index is -1.20. The summed E-state index contributed by atoms with van der Waals surface area (Å²) in [6, 6.07) is 9.03. The van der Waals surface area contributed by atoms with Gasteiger partial charge in [0.15, 0.2) is 5.78 Å². The number of carbonyl (C=O) groups excluding carboxylic acids is 1. The van der Waals surface area contributed by atoms with E-state index in [2.05, 4.69) is 0 Å². The molecule has 0 heterocycles. The van der Waals surface area contributed by atoms with Crippen LogP contribution in [0.2, 0.25) is 0 Å². The van der Waals surface area contributed by atoms with Gasteiger partial charge in [-0.05, 0) is 23.3 Å². The van der Waals surface area contributed by atoms with Crippen molar-refractivity contribution in [2.24, 2.45) is 0 Å². The summed E-state index contributed by atoms with van der Waals surface area (Å²) in [5, 5.41) is 8.53. The highest BCUT2D eigenvalue weighted by Gasteiger charge is 2.11. The zero-order valence-electron chi connectivity index (χ0n) is 10.3. The van der Waals surface area contributed by atoms with Crippen molar-refractivity contribution in [2.75, 3.05) is 0 Å². The lowest BCUT2D eigenvalue weighted by molar-refractivity contribution is -0.135. The van der Waals surface area contributed by atoms with Crippen LogP contribution in [0, 0.1) is 11.6 Å². The summed E-state index contributed by atoms with van der Waals surface area (Å²) < 4.78 is 26.2. The highest BCUT2D eigenvalue weighted by molar-refractivity contribution is 6.05. The van der Waals surface area contributed by atoms with Gasteiger partial charge in [-0.2, -0.15) is 0 Å². The molecule has 0 radical (unpaired) electrons. The average molecular weight is 276 g/mol. The number of carbonyl (C=O) groups is 2. The van der Waals surface area contributed by atoms with Gasteiger partial charge in [0.1, 0.15) is 18.1 Å². The van der Waals surface area contributed by atoms with E-state index in [-0.39, 0.29) is 5.56 Å². The zero-order valence-corrected chi connectivity index (χ0v) is 10.3.